The second-order valence-corrected chi connectivity index (χ2v) is 4.18. The van der Waals surface area contributed by atoms with Crippen LogP contribution in [0.1, 0.15) is 12.8 Å². The number of nitrogens with zero attached hydrogens (tertiary/aromatic N) is 1. The number of imide groups is 1. The van der Waals surface area contributed by atoms with Crippen molar-refractivity contribution in [2.45, 2.75) is 18.9 Å². The van der Waals surface area contributed by atoms with Crippen LogP contribution in [-0.4, -0.2) is 41.1 Å². The van der Waals surface area contributed by atoms with Gasteiger partial charge in [-0.2, -0.15) is 0 Å². The van der Waals surface area contributed by atoms with Crippen LogP contribution in [0.3, 0.4) is 0 Å². The summed E-state index contributed by atoms with van der Waals surface area (Å²) in [6, 6.07) is 9.08. The topological polar surface area (TPSA) is 66.8 Å². The first-order valence-corrected chi connectivity index (χ1v) is 5.86. The summed E-state index contributed by atoms with van der Waals surface area (Å²) < 4.78 is 5.35. The minimum atomic E-state index is -0.865. The minimum absolute atomic E-state index is 0.00446. The first kappa shape index (κ1) is 12.6. The van der Waals surface area contributed by atoms with Crippen LogP contribution in [0.15, 0.2) is 30.3 Å². The highest BCUT2D eigenvalue weighted by molar-refractivity contribution is 6.01. The molecule has 2 rings (SSSR count). The molecule has 0 saturated carbocycles. The van der Waals surface area contributed by atoms with E-state index in [1.165, 1.54) is 0 Å². The molecule has 0 radical (unpaired) electrons. The van der Waals surface area contributed by atoms with Gasteiger partial charge in [0.1, 0.15) is 18.5 Å². The van der Waals surface area contributed by atoms with Crippen LogP contribution >= 0.6 is 0 Å². The molecule has 1 atom stereocenters. The van der Waals surface area contributed by atoms with Gasteiger partial charge < -0.3 is 9.84 Å². The van der Waals surface area contributed by atoms with E-state index in [1.807, 2.05) is 18.2 Å². The molecule has 18 heavy (non-hydrogen) atoms. The van der Waals surface area contributed by atoms with E-state index in [0.29, 0.717) is 5.75 Å². The van der Waals surface area contributed by atoms with Gasteiger partial charge in [0, 0.05) is 12.8 Å². The number of likely N-dealkylation sites (tertiary alicyclic amines) is 1. The van der Waals surface area contributed by atoms with Gasteiger partial charge in [-0.05, 0) is 12.1 Å². The number of rotatable bonds is 5. The molecule has 1 fully saturated rings. The molecular weight excluding hydrogens is 234 g/mol. The van der Waals surface area contributed by atoms with Gasteiger partial charge in [0.05, 0.1) is 6.54 Å². The third-order valence-corrected chi connectivity index (χ3v) is 2.73. The molecule has 0 aliphatic carbocycles. The molecule has 5 heteroatoms. The lowest BCUT2D eigenvalue weighted by atomic mass is 10.3. The van der Waals surface area contributed by atoms with Crippen molar-refractivity contribution >= 4 is 11.8 Å². The van der Waals surface area contributed by atoms with Gasteiger partial charge in [-0.1, -0.05) is 18.2 Å². The fraction of sp³-hybridized carbons (Fsp3) is 0.385. The van der Waals surface area contributed by atoms with Crippen LogP contribution in [0.4, 0.5) is 0 Å². The molecule has 96 valence electrons. The van der Waals surface area contributed by atoms with E-state index in [2.05, 4.69) is 0 Å². The Morgan fingerprint density at radius 2 is 1.78 bits per heavy atom. The lowest BCUT2D eigenvalue weighted by molar-refractivity contribution is -0.140. The zero-order valence-corrected chi connectivity index (χ0v) is 9.91. The van der Waals surface area contributed by atoms with Gasteiger partial charge in [-0.15, -0.1) is 0 Å². The van der Waals surface area contributed by atoms with Crippen LogP contribution in [0.5, 0.6) is 5.75 Å². The Kier molecular flexibility index (Phi) is 3.94. The summed E-state index contributed by atoms with van der Waals surface area (Å²) in [4.78, 5) is 23.8. The Hall–Kier alpha value is -1.88. The number of benzene rings is 1. The first-order chi connectivity index (χ1) is 8.66. The fourth-order valence-electron chi connectivity index (χ4n) is 1.80. The van der Waals surface area contributed by atoms with Crippen LogP contribution in [0, 0.1) is 0 Å². The molecule has 0 unspecified atom stereocenters. The number of ether oxygens (including phenoxy) is 1. The Morgan fingerprint density at radius 1 is 1.17 bits per heavy atom. The molecule has 1 aliphatic heterocycles. The maximum absolute atomic E-state index is 11.3. The summed E-state index contributed by atoms with van der Waals surface area (Å²) in [5.41, 5.74) is 0. The standard InChI is InChI=1S/C13H15NO4/c15-10(8-14-12(16)6-7-13(14)17)9-18-11-4-2-1-3-5-11/h1-5,10,15H,6-9H2/t10-/m0/s1. The van der Waals surface area contributed by atoms with E-state index in [-0.39, 0.29) is 37.8 Å². The molecule has 2 amide bonds. The highest BCUT2D eigenvalue weighted by Gasteiger charge is 2.30. The predicted molar refractivity (Wildman–Crippen MR) is 63.9 cm³/mol. The molecule has 1 heterocycles. The monoisotopic (exact) mass is 249 g/mol. The van der Waals surface area contributed by atoms with Gasteiger partial charge in [-0.25, -0.2) is 0 Å². The quantitative estimate of drug-likeness (QED) is 0.775. The van der Waals surface area contributed by atoms with E-state index in [0.717, 1.165) is 4.90 Å². The molecule has 0 spiro atoms. The number of hydrogen-bond acceptors (Lipinski definition) is 4. The maximum atomic E-state index is 11.3. The van der Waals surface area contributed by atoms with Crippen molar-refractivity contribution in [1.82, 2.24) is 4.90 Å². The van der Waals surface area contributed by atoms with Crippen molar-refractivity contribution in [2.24, 2.45) is 0 Å². The highest BCUT2D eigenvalue weighted by atomic mass is 16.5. The molecule has 0 bridgehead atoms. The predicted octanol–water partition coefficient (Wildman–Crippen LogP) is 0.575. The SMILES string of the molecule is O=C1CCC(=O)N1C[C@H](O)COc1ccccc1. The molecule has 1 aromatic rings. The van der Waals surface area contributed by atoms with E-state index < -0.39 is 6.10 Å². The Morgan fingerprint density at radius 3 is 2.39 bits per heavy atom. The molecule has 1 aliphatic rings. The molecular formula is C13H15NO4. The third-order valence-electron chi connectivity index (χ3n) is 2.73. The Balaban J connectivity index is 1.80. The molecule has 1 saturated heterocycles. The summed E-state index contributed by atoms with van der Waals surface area (Å²) in [5, 5.41) is 9.74. The smallest absolute Gasteiger partial charge is 0.229 e. The van der Waals surface area contributed by atoms with E-state index >= 15 is 0 Å². The average molecular weight is 249 g/mol. The van der Waals surface area contributed by atoms with Crippen molar-refractivity contribution in [2.75, 3.05) is 13.2 Å². The van der Waals surface area contributed by atoms with Gasteiger partial charge in [-0.3, -0.25) is 14.5 Å². The number of carbonyl (C=O) groups excluding carboxylic acids is 2. The highest BCUT2D eigenvalue weighted by Crippen LogP contribution is 2.13. The maximum Gasteiger partial charge on any atom is 0.229 e. The number of hydrogen-bond donors (Lipinski definition) is 1. The Bertz CT molecular complexity index is 416. The van der Waals surface area contributed by atoms with Gasteiger partial charge in [0.2, 0.25) is 11.8 Å². The molecule has 1 aromatic carbocycles. The lowest BCUT2D eigenvalue weighted by Gasteiger charge is -2.18. The van der Waals surface area contributed by atoms with Crippen LogP contribution in [-0.2, 0) is 9.59 Å². The zero-order valence-electron chi connectivity index (χ0n) is 9.91. The van der Waals surface area contributed by atoms with Gasteiger partial charge in [0.25, 0.3) is 0 Å². The van der Waals surface area contributed by atoms with Crippen LogP contribution < -0.4 is 4.74 Å². The Labute approximate surface area is 105 Å². The molecule has 0 aromatic heterocycles. The fourth-order valence-corrected chi connectivity index (χ4v) is 1.80. The number of β-amino-alcohol motifs (C(OH)–C–C–N with tert-alkyl or cyclic N) is 1. The minimum Gasteiger partial charge on any atom is -0.491 e. The van der Waals surface area contributed by atoms with E-state index in [9.17, 15) is 14.7 Å². The van der Waals surface area contributed by atoms with Crippen molar-refractivity contribution < 1.29 is 19.4 Å². The number of aliphatic hydroxyl groups is 1. The largest absolute Gasteiger partial charge is 0.491 e. The molecule has 5 nitrogen and oxygen atoms in total. The second-order valence-electron chi connectivity index (χ2n) is 4.18. The number of aliphatic hydroxyl groups excluding tert-OH is 1. The van der Waals surface area contributed by atoms with Crippen LogP contribution in [0.2, 0.25) is 0 Å². The number of para-hydroxylation sites is 1. The van der Waals surface area contributed by atoms with Crippen molar-refractivity contribution in [3.63, 3.8) is 0 Å². The van der Waals surface area contributed by atoms with Crippen molar-refractivity contribution in [1.29, 1.82) is 0 Å². The third kappa shape index (κ3) is 3.07. The number of carbonyl (C=O) groups is 2. The van der Waals surface area contributed by atoms with Gasteiger partial charge in [0.15, 0.2) is 0 Å². The molecule has 1 N–H and O–H groups in total. The van der Waals surface area contributed by atoms with Crippen molar-refractivity contribution in [3.8, 4) is 5.75 Å². The summed E-state index contributed by atoms with van der Waals surface area (Å²) >= 11 is 0. The average Bonchev–Trinajstić information content (AvgIpc) is 2.69. The number of amides is 2. The summed E-state index contributed by atoms with van der Waals surface area (Å²) in [6.45, 7) is 0.0611. The van der Waals surface area contributed by atoms with E-state index in [4.69, 9.17) is 4.74 Å². The van der Waals surface area contributed by atoms with Crippen molar-refractivity contribution in [3.05, 3.63) is 30.3 Å². The summed E-state index contributed by atoms with van der Waals surface area (Å²) in [6.07, 6.45) is -0.382. The normalized spacial score (nSPS) is 17.1. The first-order valence-electron chi connectivity index (χ1n) is 5.86. The van der Waals surface area contributed by atoms with Gasteiger partial charge >= 0.3 is 0 Å². The van der Waals surface area contributed by atoms with Crippen LogP contribution in [0.25, 0.3) is 0 Å². The lowest BCUT2D eigenvalue weighted by Crippen LogP contribution is -2.38. The van der Waals surface area contributed by atoms with E-state index in [1.54, 1.807) is 12.1 Å². The zero-order chi connectivity index (χ0) is 13.0. The summed E-state index contributed by atoms with van der Waals surface area (Å²) in [5.74, 6) is 0.202. The summed E-state index contributed by atoms with van der Waals surface area (Å²) in [7, 11) is 0. The second kappa shape index (κ2) is 5.64.